The molecule has 0 aliphatic heterocycles. The molecule has 0 unspecified atom stereocenters. The van der Waals surface area contributed by atoms with Crippen molar-refractivity contribution < 1.29 is 13.2 Å². The molecule has 0 bridgehead atoms. The van der Waals surface area contributed by atoms with E-state index in [9.17, 15) is 13.2 Å². The van der Waals surface area contributed by atoms with E-state index < -0.39 is 11.7 Å². The Hall–Kier alpha value is -1.69. The Kier molecular flexibility index (Phi) is 3.94. The first kappa shape index (κ1) is 14.7. The summed E-state index contributed by atoms with van der Waals surface area (Å²) in [4.78, 5) is 6.99. The van der Waals surface area contributed by atoms with Crippen LogP contribution in [0.1, 0.15) is 23.6 Å². The van der Waals surface area contributed by atoms with E-state index in [1.54, 1.807) is 6.92 Å². The van der Waals surface area contributed by atoms with Crippen molar-refractivity contribution in [1.82, 2.24) is 9.97 Å². The molecule has 0 fully saturated rings. The van der Waals surface area contributed by atoms with Gasteiger partial charge in [0.1, 0.15) is 4.64 Å². The second kappa shape index (κ2) is 5.36. The van der Waals surface area contributed by atoms with Crippen LogP contribution in [0.3, 0.4) is 0 Å². The van der Waals surface area contributed by atoms with E-state index in [4.69, 9.17) is 12.2 Å². The molecule has 0 saturated carbocycles. The largest absolute Gasteiger partial charge is 0.416 e. The number of hydrogen-bond donors (Lipinski definition) is 1. The van der Waals surface area contributed by atoms with Crippen LogP contribution in [0, 0.1) is 11.6 Å². The minimum atomic E-state index is -4.33. The molecule has 0 spiro atoms. The van der Waals surface area contributed by atoms with Crippen molar-refractivity contribution in [3.8, 4) is 11.3 Å². The second-order valence-corrected chi connectivity index (χ2v) is 4.83. The van der Waals surface area contributed by atoms with Gasteiger partial charge >= 0.3 is 6.18 Å². The first-order valence-electron chi connectivity index (χ1n) is 6.09. The Labute approximate surface area is 119 Å². The van der Waals surface area contributed by atoms with Crippen molar-refractivity contribution in [3.63, 3.8) is 0 Å². The van der Waals surface area contributed by atoms with E-state index in [0.717, 1.165) is 23.4 Å². The van der Waals surface area contributed by atoms with Crippen molar-refractivity contribution in [3.05, 3.63) is 45.9 Å². The molecule has 6 heteroatoms. The quantitative estimate of drug-likeness (QED) is 0.814. The van der Waals surface area contributed by atoms with Gasteiger partial charge in [-0.05, 0) is 31.0 Å². The predicted octanol–water partition coefficient (Wildman–Crippen LogP) is 4.70. The van der Waals surface area contributed by atoms with Crippen molar-refractivity contribution >= 4 is 12.2 Å². The number of hydrogen-bond acceptors (Lipinski definition) is 2. The van der Waals surface area contributed by atoms with Crippen LogP contribution < -0.4 is 0 Å². The lowest BCUT2D eigenvalue weighted by Crippen LogP contribution is -2.06. The van der Waals surface area contributed by atoms with Crippen LogP contribution in [0.25, 0.3) is 11.3 Å². The SMILES string of the molecule is CCc1c(-c2ccc(C(F)(F)F)cc2C)[nH]cnc1=S. The fourth-order valence-electron chi connectivity index (χ4n) is 2.12. The minimum Gasteiger partial charge on any atom is -0.346 e. The maximum absolute atomic E-state index is 12.7. The standard InChI is InChI=1S/C14H13F3N2S/c1-3-10-12(18-7-19-13(10)20)11-5-4-9(6-8(11)2)14(15,16)17/h4-7H,3H2,1-2H3,(H,18,19,20). The van der Waals surface area contributed by atoms with Gasteiger partial charge in [-0.1, -0.05) is 25.2 Å². The fraction of sp³-hybridized carbons (Fsp3) is 0.286. The van der Waals surface area contributed by atoms with Gasteiger partial charge in [0.2, 0.25) is 0 Å². The van der Waals surface area contributed by atoms with E-state index in [1.165, 1.54) is 12.4 Å². The first-order valence-corrected chi connectivity index (χ1v) is 6.50. The van der Waals surface area contributed by atoms with Gasteiger partial charge in [0, 0.05) is 11.1 Å². The molecule has 106 valence electrons. The maximum atomic E-state index is 12.7. The molecule has 1 aromatic heterocycles. The normalized spacial score (nSPS) is 11.7. The van der Waals surface area contributed by atoms with E-state index >= 15 is 0 Å². The smallest absolute Gasteiger partial charge is 0.346 e. The summed E-state index contributed by atoms with van der Waals surface area (Å²) in [6, 6.07) is 3.70. The van der Waals surface area contributed by atoms with Crippen molar-refractivity contribution in [2.45, 2.75) is 26.4 Å². The molecule has 2 aromatic rings. The van der Waals surface area contributed by atoms with Crippen molar-refractivity contribution in [1.29, 1.82) is 0 Å². The molecule has 0 aliphatic carbocycles. The van der Waals surface area contributed by atoms with Gasteiger partial charge in [-0.15, -0.1) is 0 Å². The van der Waals surface area contributed by atoms with Crippen molar-refractivity contribution in [2.24, 2.45) is 0 Å². The Morgan fingerprint density at radius 3 is 2.55 bits per heavy atom. The average Bonchev–Trinajstić information content (AvgIpc) is 2.37. The number of benzene rings is 1. The molecule has 2 rings (SSSR count). The molecule has 1 aromatic carbocycles. The van der Waals surface area contributed by atoms with E-state index in [0.29, 0.717) is 22.2 Å². The third-order valence-electron chi connectivity index (χ3n) is 3.13. The summed E-state index contributed by atoms with van der Waals surface area (Å²) >= 11 is 5.16. The predicted molar refractivity (Wildman–Crippen MR) is 74.0 cm³/mol. The first-order chi connectivity index (χ1) is 9.34. The summed E-state index contributed by atoms with van der Waals surface area (Å²) in [6.07, 6.45) is -2.20. The highest BCUT2D eigenvalue weighted by Gasteiger charge is 2.30. The Bertz CT molecular complexity index is 690. The maximum Gasteiger partial charge on any atom is 0.416 e. The third kappa shape index (κ3) is 2.75. The highest BCUT2D eigenvalue weighted by atomic mass is 32.1. The number of halogens is 3. The number of aromatic amines is 1. The number of rotatable bonds is 2. The van der Waals surface area contributed by atoms with E-state index in [1.807, 2.05) is 6.92 Å². The molecule has 0 aliphatic rings. The molecule has 1 heterocycles. The monoisotopic (exact) mass is 298 g/mol. The lowest BCUT2D eigenvalue weighted by atomic mass is 9.98. The zero-order chi connectivity index (χ0) is 14.9. The summed E-state index contributed by atoms with van der Waals surface area (Å²) < 4.78 is 38.5. The van der Waals surface area contributed by atoms with Crippen molar-refractivity contribution in [2.75, 3.05) is 0 Å². The van der Waals surface area contributed by atoms with Gasteiger partial charge in [0.25, 0.3) is 0 Å². The van der Waals surface area contributed by atoms with Crippen LogP contribution in [-0.4, -0.2) is 9.97 Å². The number of aryl methyl sites for hydroxylation is 1. The lowest BCUT2D eigenvalue weighted by molar-refractivity contribution is -0.137. The molecule has 0 amide bonds. The fourth-order valence-corrected chi connectivity index (χ4v) is 2.42. The number of nitrogens with one attached hydrogen (secondary N) is 1. The molecule has 0 atom stereocenters. The Morgan fingerprint density at radius 2 is 2.00 bits per heavy atom. The van der Waals surface area contributed by atoms with Gasteiger partial charge in [0.05, 0.1) is 17.6 Å². The molecule has 1 N–H and O–H groups in total. The molecular formula is C14H13F3N2S. The summed E-state index contributed by atoms with van der Waals surface area (Å²) in [5.74, 6) is 0. The molecule has 20 heavy (non-hydrogen) atoms. The molecular weight excluding hydrogens is 285 g/mol. The summed E-state index contributed by atoms with van der Waals surface area (Å²) in [5.41, 5.74) is 2.18. The van der Waals surface area contributed by atoms with E-state index in [-0.39, 0.29) is 0 Å². The molecule has 0 saturated heterocycles. The van der Waals surface area contributed by atoms with Gasteiger partial charge in [-0.3, -0.25) is 0 Å². The number of H-pyrrole nitrogens is 1. The summed E-state index contributed by atoms with van der Waals surface area (Å²) in [5, 5.41) is 0. The van der Waals surface area contributed by atoms with Crippen LogP contribution in [0.2, 0.25) is 0 Å². The minimum absolute atomic E-state index is 0.473. The zero-order valence-corrected chi connectivity index (χ0v) is 11.8. The molecule has 0 radical (unpaired) electrons. The highest BCUT2D eigenvalue weighted by Crippen LogP contribution is 2.33. The van der Waals surface area contributed by atoms with Gasteiger partial charge in [-0.2, -0.15) is 13.2 Å². The second-order valence-electron chi connectivity index (χ2n) is 4.44. The number of alkyl halides is 3. The Balaban J connectivity index is 2.61. The van der Waals surface area contributed by atoms with Gasteiger partial charge in [0.15, 0.2) is 0 Å². The lowest BCUT2D eigenvalue weighted by Gasteiger charge is -2.13. The zero-order valence-electron chi connectivity index (χ0n) is 11.0. The average molecular weight is 298 g/mol. The van der Waals surface area contributed by atoms with Gasteiger partial charge in [-0.25, -0.2) is 4.98 Å². The third-order valence-corrected chi connectivity index (χ3v) is 3.48. The Morgan fingerprint density at radius 1 is 1.30 bits per heavy atom. The number of aromatic nitrogens is 2. The summed E-state index contributed by atoms with van der Waals surface area (Å²) in [7, 11) is 0. The highest BCUT2D eigenvalue weighted by molar-refractivity contribution is 7.71. The topological polar surface area (TPSA) is 28.7 Å². The van der Waals surface area contributed by atoms with Crippen LogP contribution >= 0.6 is 12.2 Å². The number of nitrogens with zero attached hydrogens (tertiary/aromatic N) is 1. The van der Waals surface area contributed by atoms with Crippen LogP contribution in [0.15, 0.2) is 24.5 Å². The summed E-state index contributed by atoms with van der Waals surface area (Å²) in [6.45, 7) is 3.59. The molecule has 2 nitrogen and oxygen atoms in total. The van der Waals surface area contributed by atoms with Crippen LogP contribution in [0.5, 0.6) is 0 Å². The van der Waals surface area contributed by atoms with Gasteiger partial charge < -0.3 is 4.98 Å². The van der Waals surface area contributed by atoms with Crippen LogP contribution in [-0.2, 0) is 12.6 Å². The van der Waals surface area contributed by atoms with E-state index in [2.05, 4.69) is 9.97 Å². The van der Waals surface area contributed by atoms with Crippen LogP contribution in [0.4, 0.5) is 13.2 Å².